The van der Waals surface area contributed by atoms with E-state index in [4.69, 9.17) is 16.3 Å². The molecule has 26 heavy (non-hydrogen) atoms. The molecule has 0 bridgehead atoms. The highest BCUT2D eigenvalue weighted by atomic mass is 35.5. The molecule has 3 nitrogen and oxygen atoms in total. The maximum atomic E-state index is 6.73. The molecule has 2 aromatic carbocycles. The number of nitrogens with one attached hydrogen (secondary N) is 1. The monoisotopic (exact) mass is 364 g/mol. The Morgan fingerprint density at radius 1 is 1.15 bits per heavy atom. The van der Waals surface area contributed by atoms with Gasteiger partial charge in [-0.1, -0.05) is 48.0 Å². The van der Waals surface area contributed by atoms with Crippen LogP contribution >= 0.6 is 11.6 Å². The third-order valence-electron chi connectivity index (χ3n) is 5.62. The van der Waals surface area contributed by atoms with E-state index in [1.54, 1.807) is 0 Å². The average molecular weight is 365 g/mol. The zero-order valence-corrected chi connectivity index (χ0v) is 15.2. The fourth-order valence-corrected chi connectivity index (χ4v) is 4.60. The first kappa shape index (κ1) is 16.1. The third-order valence-corrected chi connectivity index (χ3v) is 5.85. The van der Waals surface area contributed by atoms with E-state index in [1.807, 2.05) is 18.5 Å². The third kappa shape index (κ3) is 2.67. The van der Waals surface area contributed by atoms with Crippen molar-refractivity contribution in [2.75, 3.05) is 13.1 Å². The second-order valence-electron chi connectivity index (χ2n) is 7.31. The van der Waals surface area contributed by atoms with Gasteiger partial charge in [0, 0.05) is 42.6 Å². The molecule has 5 rings (SSSR count). The number of aromatic amines is 1. The number of fused-ring (bicyclic) bond motifs is 2. The molecule has 0 radical (unpaired) electrons. The second kappa shape index (κ2) is 6.27. The molecule has 3 aromatic rings. The van der Waals surface area contributed by atoms with Crippen LogP contribution < -0.4 is 0 Å². The molecule has 4 heteroatoms. The number of H-pyrrole nitrogens is 1. The Kier molecular flexibility index (Phi) is 3.89. The number of halogens is 1. The van der Waals surface area contributed by atoms with E-state index in [0.29, 0.717) is 0 Å². The lowest BCUT2D eigenvalue weighted by molar-refractivity contribution is -0.0534. The summed E-state index contributed by atoms with van der Waals surface area (Å²) < 4.78 is 6.73. The molecule has 132 valence electrons. The van der Waals surface area contributed by atoms with E-state index in [9.17, 15) is 0 Å². The van der Waals surface area contributed by atoms with Crippen LogP contribution in [-0.4, -0.2) is 23.0 Å². The van der Waals surface area contributed by atoms with E-state index in [1.165, 1.54) is 16.7 Å². The van der Waals surface area contributed by atoms with Crippen molar-refractivity contribution in [3.63, 3.8) is 0 Å². The maximum absolute atomic E-state index is 6.73. The van der Waals surface area contributed by atoms with Gasteiger partial charge < -0.3 is 9.72 Å². The zero-order valence-electron chi connectivity index (χ0n) is 14.5. The molecule has 0 amide bonds. The van der Waals surface area contributed by atoms with Crippen LogP contribution in [0.4, 0.5) is 0 Å². The topological polar surface area (TPSA) is 28.3 Å². The SMILES string of the molecule is Clc1ccc2c(c1)C(c1cc[nH]c1)OC21CCN(Cc2ccccc2)C1. The molecule has 0 aliphatic carbocycles. The van der Waals surface area contributed by atoms with Gasteiger partial charge in [0.05, 0.1) is 0 Å². The molecule has 2 aliphatic heterocycles. The molecule has 2 atom stereocenters. The fourth-order valence-electron chi connectivity index (χ4n) is 4.42. The Balaban J connectivity index is 1.46. The van der Waals surface area contributed by atoms with Crippen molar-refractivity contribution in [3.05, 3.63) is 94.3 Å². The Labute approximate surface area is 158 Å². The number of aromatic nitrogens is 1. The lowest BCUT2D eigenvalue weighted by atomic mass is 9.90. The molecule has 1 spiro atoms. The summed E-state index contributed by atoms with van der Waals surface area (Å²) >= 11 is 6.31. The summed E-state index contributed by atoms with van der Waals surface area (Å²) in [6, 6.07) is 19.0. The normalized spacial score (nSPS) is 25.0. The summed E-state index contributed by atoms with van der Waals surface area (Å²) in [4.78, 5) is 5.64. The summed E-state index contributed by atoms with van der Waals surface area (Å²) in [5.41, 5.74) is 4.77. The van der Waals surface area contributed by atoms with Gasteiger partial charge in [-0.2, -0.15) is 0 Å². The van der Waals surface area contributed by atoms with Gasteiger partial charge in [-0.25, -0.2) is 0 Å². The first-order valence-electron chi connectivity index (χ1n) is 9.10. The van der Waals surface area contributed by atoms with Gasteiger partial charge >= 0.3 is 0 Å². The van der Waals surface area contributed by atoms with Crippen molar-refractivity contribution in [1.29, 1.82) is 0 Å². The summed E-state index contributed by atoms with van der Waals surface area (Å²) in [5.74, 6) is 0. The van der Waals surface area contributed by atoms with Crippen LogP contribution in [0, 0.1) is 0 Å². The minimum Gasteiger partial charge on any atom is -0.367 e. The molecule has 1 fully saturated rings. The van der Waals surface area contributed by atoms with Crippen molar-refractivity contribution in [2.24, 2.45) is 0 Å². The highest BCUT2D eigenvalue weighted by Gasteiger charge is 2.49. The highest BCUT2D eigenvalue weighted by molar-refractivity contribution is 6.30. The molecular formula is C22H21ClN2O. The number of hydrogen-bond donors (Lipinski definition) is 1. The smallest absolute Gasteiger partial charge is 0.111 e. The Bertz CT molecular complexity index is 909. The number of nitrogens with zero attached hydrogens (tertiary/aromatic N) is 1. The quantitative estimate of drug-likeness (QED) is 0.716. The standard InChI is InChI=1S/C22H21ClN2O/c23-18-6-7-20-19(12-18)21(17-8-10-24-13-17)26-22(20)9-11-25(15-22)14-16-4-2-1-3-5-16/h1-8,10,12-13,21,24H,9,11,14-15H2. The van der Waals surface area contributed by atoms with Gasteiger partial charge in [0.25, 0.3) is 0 Å². The Morgan fingerprint density at radius 2 is 2.04 bits per heavy atom. The first-order valence-corrected chi connectivity index (χ1v) is 9.48. The Morgan fingerprint density at radius 3 is 2.85 bits per heavy atom. The maximum Gasteiger partial charge on any atom is 0.111 e. The molecule has 1 saturated heterocycles. The number of benzene rings is 2. The van der Waals surface area contributed by atoms with Gasteiger partial charge in [0.1, 0.15) is 11.7 Å². The highest BCUT2D eigenvalue weighted by Crippen LogP contribution is 2.51. The van der Waals surface area contributed by atoms with Gasteiger partial charge in [0.15, 0.2) is 0 Å². The van der Waals surface area contributed by atoms with Crippen LogP contribution in [0.2, 0.25) is 5.02 Å². The van der Waals surface area contributed by atoms with Gasteiger partial charge in [0.2, 0.25) is 0 Å². The second-order valence-corrected chi connectivity index (χ2v) is 7.75. The van der Waals surface area contributed by atoms with Crippen molar-refractivity contribution < 1.29 is 4.74 Å². The molecule has 3 heterocycles. The van der Waals surface area contributed by atoms with Crippen molar-refractivity contribution in [3.8, 4) is 0 Å². The number of ether oxygens (including phenoxy) is 1. The molecule has 0 saturated carbocycles. The lowest BCUT2D eigenvalue weighted by Gasteiger charge is -2.26. The van der Waals surface area contributed by atoms with Gasteiger partial charge in [-0.15, -0.1) is 0 Å². The van der Waals surface area contributed by atoms with E-state index < -0.39 is 0 Å². The summed E-state index contributed by atoms with van der Waals surface area (Å²) in [5, 5.41) is 0.768. The van der Waals surface area contributed by atoms with Crippen LogP contribution in [0.5, 0.6) is 0 Å². The lowest BCUT2D eigenvalue weighted by Crippen LogP contribution is -2.30. The molecular weight excluding hydrogens is 344 g/mol. The van der Waals surface area contributed by atoms with Crippen molar-refractivity contribution >= 4 is 11.6 Å². The van der Waals surface area contributed by atoms with Gasteiger partial charge in [-0.05, 0) is 41.3 Å². The van der Waals surface area contributed by atoms with E-state index in [0.717, 1.165) is 36.6 Å². The molecule has 2 unspecified atom stereocenters. The van der Waals surface area contributed by atoms with Crippen LogP contribution in [0.15, 0.2) is 67.0 Å². The summed E-state index contributed by atoms with van der Waals surface area (Å²) in [6.07, 6.45) is 4.93. The molecule has 2 aliphatic rings. The molecule has 1 N–H and O–H groups in total. The average Bonchev–Trinajstić information content (AvgIpc) is 3.37. The fraction of sp³-hybridized carbons (Fsp3) is 0.273. The minimum atomic E-state index is -0.239. The number of likely N-dealkylation sites (tertiary alicyclic amines) is 1. The predicted molar refractivity (Wildman–Crippen MR) is 103 cm³/mol. The van der Waals surface area contributed by atoms with Crippen LogP contribution in [0.3, 0.4) is 0 Å². The number of hydrogen-bond acceptors (Lipinski definition) is 2. The van der Waals surface area contributed by atoms with Crippen molar-refractivity contribution in [1.82, 2.24) is 9.88 Å². The van der Waals surface area contributed by atoms with Gasteiger partial charge in [-0.3, -0.25) is 4.90 Å². The zero-order chi connectivity index (χ0) is 17.6. The largest absolute Gasteiger partial charge is 0.367 e. The summed E-state index contributed by atoms with van der Waals surface area (Å²) in [7, 11) is 0. The first-order chi connectivity index (χ1) is 12.7. The minimum absolute atomic E-state index is 0.0494. The van der Waals surface area contributed by atoms with E-state index >= 15 is 0 Å². The van der Waals surface area contributed by atoms with E-state index in [2.05, 4.69) is 58.4 Å². The van der Waals surface area contributed by atoms with Crippen LogP contribution in [0.25, 0.3) is 0 Å². The van der Waals surface area contributed by atoms with E-state index in [-0.39, 0.29) is 11.7 Å². The Hall–Kier alpha value is -2.07. The van der Waals surface area contributed by atoms with Crippen LogP contribution in [0.1, 0.15) is 34.8 Å². The predicted octanol–water partition coefficient (Wildman–Crippen LogP) is 4.89. The molecule has 1 aromatic heterocycles. The number of rotatable bonds is 3. The van der Waals surface area contributed by atoms with Crippen molar-refractivity contribution in [2.45, 2.75) is 24.7 Å². The summed E-state index contributed by atoms with van der Waals surface area (Å²) in [6.45, 7) is 2.91. The van der Waals surface area contributed by atoms with Crippen LogP contribution in [-0.2, 0) is 16.9 Å².